The number of nitrogens with zero attached hydrogens (tertiary/aromatic N) is 2. The van der Waals surface area contributed by atoms with E-state index < -0.39 is 0 Å². The zero-order valence-corrected chi connectivity index (χ0v) is 40.8. The zero-order chi connectivity index (χ0) is 47.1. The predicted molar refractivity (Wildman–Crippen MR) is 284 cm³/mol. The van der Waals surface area contributed by atoms with E-state index >= 15 is 0 Å². The van der Waals surface area contributed by atoms with Crippen LogP contribution in [0.4, 0.5) is 11.4 Å². The van der Waals surface area contributed by atoms with Crippen molar-refractivity contribution >= 4 is 57.7 Å². The van der Waals surface area contributed by atoms with Crippen molar-refractivity contribution < 1.29 is 0 Å². The van der Waals surface area contributed by atoms with Gasteiger partial charge in [-0.25, -0.2) is 9.97 Å². The minimum absolute atomic E-state index is 0.0860. The molecule has 8 bridgehead atoms. The summed E-state index contributed by atoms with van der Waals surface area (Å²) in [7, 11) is 0. The number of aromatic nitrogens is 4. The molecule has 66 heavy (non-hydrogen) atoms. The summed E-state index contributed by atoms with van der Waals surface area (Å²) in [5.74, 6) is 0. The van der Waals surface area contributed by atoms with E-state index in [1.165, 1.54) is 22.3 Å². The van der Waals surface area contributed by atoms with Crippen LogP contribution in [0.2, 0.25) is 0 Å². The highest BCUT2D eigenvalue weighted by atomic mass is 14.8. The smallest absolute Gasteiger partial charge is 0.0737 e. The Hall–Kier alpha value is -6.92. The molecule has 0 radical (unpaired) electrons. The summed E-state index contributed by atoms with van der Waals surface area (Å²) in [6, 6.07) is 39.2. The molecule has 0 amide bonds. The molecule has 6 nitrogen and oxygen atoms in total. The lowest BCUT2D eigenvalue weighted by molar-refractivity contribution is 0.568. The molecule has 0 fully saturated rings. The van der Waals surface area contributed by atoms with Gasteiger partial charge in [0.1, 0.15) is 0 Å². The van der Waals surface area contributed by atoms with Crippen LogP contribution in [0, 0.1) is 0 Å². The maximum atomic E-state index is 6.31. The van der Waals surface area contributed by atoms with Crippen LogP contribution in [-0.4, -0.2) is 19.9 Å². The highest BCUT2D eigenvalue weighted by Gasteiger charge is 2.26. The van der Waals surface area contributed by atoms with Gasteiger partial charge in [0.25, 0.3) is 0 Å². The lowest BCUT2D eigenvalue weighted by atomic mass is 9.78. The SMILES string of the molecule is CC(C)(C)c1cc(-c2c3nc(c(-c4ccc(N)cc4)c4ccc([nH]4)c(-c4cc(C(C)(C)C)cc(C(C)(C)C)c4)c4nc(c(-c5ccc(N)cc5)c5ccc2[nH]5)C=C4)C=C3)cc(C(C)(C)C)c1. The molecule has 3 aromatic heterocycles. The molecule has 4 aromatic carbocycles. The zero-order valence-electron chi connectivity index (χ0n) is 40.8. The number of nitrogens with one attached hydrogen (secondary N) is 2. The number of aromatic amines is 2. The van der Waals surface area contributed by atoms with E-state index in [4.69, 9.17) is 21.4 Å². The largest absolute Gasteiger partial charge is 0.399 e. The molecule has 0 unspecified atom stereocenters. The summed E-state index contributed by atoms with van der Waals surface area (Å²) in [5.41, 5.74) is 34.3. The molecule has 0 aliphatic carbocycles. The van der Waals surface area contributed by atoms with Crippen LogP contribution in [0.5, 0.6) is 0 Å². The molecular formula is C60H64N6. The molecule has 2 aliphatic rings. The Morgan fingerprint density at radius 1 is 0.318 bits per heavy atom. The lowest BCUT2D eigenvalue weighted by Crippen LogP contribution is -2.16. The molecule has 6 N–H and O–H groups in total. The third kappa shape index (κ3) is 8.53. The Balaban J connectivity index is 1.49. The average Bonchev–Trinajstić information content (AvgIpc) is 4.09. The molecule has 0 atom stereocenters. The van der Waals surface area contributed by atoms with Crippen LogP contribution in [-0.2, 0) is 21.7 Å². The van der Waals surface area contributed by atoms with Crippen molar-refractivity contribution in [2.45, 2.75) is 105 Å². The third-order valence-electron chi connectivity index (χ3n) is 13.1. The van der Waals surface area contributed by atoms with Gasteiger partial charge in [-0.3, -0.25) is 0 Å². The van der Waals surface area contributed by atoms with Crippen LogP contribution in [0.3, 0.4) is 0 Å². The summed E-state index contributed by atoms with van der Waals surface area (Å²) in [4.78, 5) is 19.1. The van der Waals surface area contributed by atoms with Gasteiger partial charge in [0.2, 0.25) is 0 Å². The number of rotatable bonds is 4. The molecule has 334 valence electrons. The standard InChI is InChI=1S/C60H64N6/c1-57(2,3)39-29-37(30-40(33-39)58(4,5)6)55-49-25-21-45(63-49)53(35-13-17-43(61)18-14-35)47-23-27-51(65-47)56(38-31-41(59(7,8)9)34-42(32-38)60(10,11)12)52-28-24-48(66-52)54(46-22-26-50(55)64-46)36-15-19-44(62)20-16-36/h13-34,63,66H,61-62H2,1-12H3. The number of nitrogen functional groups attached to an aromatic ring is 2. The Labute approximate surface area is 391 Å². The number of hydrogen-bond acceptors (Lipinski definition) is 4. The molecule has 9 rings (SSSR count). The highest BCUT2D eigenvalue weighted by molar-refractivity contribution is 6.00. The number of fused-ring (bicyclic) bond motifs is 8. The predicted octanol–water partition coefficient (Wildman–Crippen LogP) is 15.7. The number of hydrogen-bond donors (Lipinski definition) is 4. The van der Waals surface area contributed by atoms with E-state index in [9.17, 15) is 0 Å². The van der Waals surface area contributed by atoms with Crippen molar-refractivity contribution in [1.82, 2.24) is 19.9 Å². The van der Waals surface area contributed by atoms with Crippen LogP contribution < -0.4 is 11.5 Å². The van der Waals surface area contributed by atoms with Crippen molar-refractivity contribution in [2.24, 2.45) is 0 Å². The Morgan fingerprint density at radius 2 is 0.561 bits per heavy atom. The fourth-order valence-electron chi connectivity index (χ4n) is 9.00. The summed E-state index contributed by atoms with van der Waals surface area (Å²) >= 11 is 0. The van der Waals surface area contributed by atoms with E-state index in [0.717, 1.165) is 89.4 Å². The van der Waals surface area contributed by atoms with Crippen LogP contribution in [0.15, 0.2) is 109 Å². The van der Waals surface area contributed by atoms with E-state index in [1.807, 2.05) is 24.3 Å². The average molecular weight is 869 g/mol. The maximum Gasteiger partial charge on any atom is 0.0737 e. The van der Waals surface area contributed by atoms with Gasteiger partial charge in [-0.2, -0.15) is 0 Å². The summed E-state index contributed by atoms with van der Waals surface area (Å²) < 4.78 is 0. The molecule has 5 heterocycles. The molecule has 7 aromatic rings. The normalized spacial score (nSPS) is 13.2. The first-order valence-electron chi connectivity index (χ1n) is 23.2. The van der Waals surface area contributed by atoms with Gasteiger partial charge >= 0.3 is 0 Å². The van der Waals surface area contributed by atoms with Crippen LogP contribution in [0.1, 0.15) is 128 Å². The maximum absolute atomic E-state index is 6.31. The van der Waals surface area contributed by atoms with Crippen molar-refractivity contribution in [3.8, 4) is 44.5 Å². The molecule has 6 heteroatoms. The Kier molecular flexibility index (Phi) is 10.7. The minimum Gasteiger partial charge on any atom is -0.399 e. The van der Waals surface area contributed by atoms with Gasteiger partial charge in [0, 0.05) is 55.7 Å². The Bertz CT molecular complexity index is 2980. The minimum atomic E-state index is -0.0860. The molecule has 0 saturated heterocycles. The van der Waals surface area contributed by atoms with Crippen LogP contribution in [0.25, 0.3) is 90.9 Å². The summed E-state index contributed by atoms with van der Waals surface area (Å²) in [5, 5.41) is 0. The Morgan fingerprint density at radius 3 is 0.803 bits per heavy atom. The highest BCUT2D eigenvalue weighted by Crippen LogP contribution is 2.42. The van der Waals surface area contributed by atoms with E-state index in [0.29, 0.717) is 11.4 Å². The van der Waals surface area contributed by atoms with Crippen molar-refractivity contribution in [1.29, 1.82) is 0 Å². The molecule has 0 spiro atoms. The fraction of sp³-hybridized carbons (Fsp3) is 0.267. The van der Waals surface area contributed by atoms with Crippen molar-refractivity contribution in [3.63, 3.8) is 0 Å². The van der Waals surface area contributed by atoms with Gasteiger partial charge in [0.15, 0.2) is 0 Å². The number of benzene rings is 4. The molecule has 0 saturated carbocycles. The second kappa shape index (κ2) is 15.9. The van der Waals surface area contributed by atoms with E-state index in [2.05, 4.69) is 202 Å². The summed E-state index contributed by atoms with van der Waals surface area (Å²) in [6.07, 6.45) is 8.66. The quantitative estimate of drug-likeness (QED) is 0.132. The van der Waals surface area contributed by atoms with Gasteiger partial charge < -0.3 is 21.4 Å². The van der Waals surface area contributed by atoms with E-state index in [1.54, 1.807) is 0 Å². The van der Waals surface area contributed by atoms with Crippen molar-refractivity contribution in [2.75, 3.05) is 11.5 Å². The van der Waals surface area contributed by atoms with Crippen molar-refractivity contribution in [3.05, 3.63) is 154 Å². The first-order chi connectivity index (χ1) is 31.0. The number of nitrogens with two attached hydrogens (primary N) is 2. The van der Waals surface area contributed by atoms with E-state index in [-0.39, 0.29) is 21.7 Å². The van der Waals surface area contributed by atoms with Gasteiger partial charge in [-0.1, -0.05) is 144 Å². The van der Waals surface area contributed by atoms with Crippen LogP contribution >= 0.6 is 0 Å². The molecule has 2 aliphatic heterocycles. The van der Waals surface area contributed by atoms with Gasteiger partial charge in [-0.15, -0.1) is 0 Å². The monoisotopic (exact) mass is 869 g/mol. The van der Waals surface area contributed by atoms with Gasteiger partial charge in [0.05, 0.1) is 22.8 Å². The number of H-pyrrole nitrogens is 2. The topological polar surface area (TPSA) is 109 Å². The lowest BCUT2D eigenvalue weighted by Gasteiger charge is -2.26. The number of anilines is 2. The fourth-order valence-corrected chi connectivity index (χ4v) is 9.00. The third-order valence-corrected chi connectivity index (χ3v) is 13.1. The first kappa shape index (κ1) is 44.3. The van der Waals surface area contributed by atoms with Gasteiger partial charge in [-0.05, 0) is 139 Å². The second-order valence-electron chi connectivity index (χ2n) is 22.3. The second-order valence-corrected chi connectivity index (χ2v) is 22.3. The first-order valence-corrected chi connectivity index (χ1v) is 23.2. The molecular weight excluding hydrogens is 805 g/mol. The summed E-state index contributed by atoms with van der Waals surface area (Å²) in [6.45, 7) is 27.4.